The van der Waals surface area contributed by atoms with E-state index in [0.29, 0.717) is 16.7 Å². The van der Waals surface area contributed by atoms with Crippen LogP contribution in [-0.2, 0) is 5.54 Å². The van der Waals surface area contributed by atoms with E-state index in [9.17, 15) is 19.4 Å². The number of nitrogens with zero attached hydrogens (tertiary/aromatic N) is 1. The van der Waals surface area contributed by atoms with Crippen LogP contribution in [0.4, 0.5) is 15.0 Å². The molecule has 1 aliphatic rings. The zero-order valence-corrected chi connectivity index (χ0v) is 16.4. The van der Waals surface area contributed by atoms with Gasteiger partial charge in [-0.15, -0.1) is 0 Å². The Bertz CT molecular complexity index is 1100. The highest BCUT2D eigenvalue weighted by atomic mass is 19.1. The number of aromatic nitrogens is 1. The van der Waals surface area contributed by atoms with Crippen molar-refractivity contribution in [1.82, 2.24) is 10.3 Å². The van der Waals surface area contributed by atoms with Crippen molar-refractivity contribution < 1.29 is 19.4 Å². The molecule has 1 amide bonds. The molecule has 1 heterocycles. The standard InChI is InChI=1S/C23H22FN3O3/c1-22(30)12-23(13-22,27-21(28)29)15-8-6-14(7-9-15)18-11-26-20(25)10-17(18)16-4-2-3-5-19(16)24/h2-11,27,30H,12-13H2,1H3,(H2,25,26)(H,28,29)/t22-,23+. The molecule has 0 aliphatic heterocycles. The van der Waals surface area contributed by atoms with Crippen LogP contribution in [0.1, 0.15) is 25.3 Å². The summed E-state index contributed by atoms with van der Waals surface area (Å²) >= 11 is 0. The van der Waals surface area contributed by atoms with Crippen molar-refractivity contribution in [3.63, 3.8) is 0 Å². The first-order valence-corrected chi connectivity index (χ1v) is 9.54. The van der Waals surface area contributed by atoms with Crippen molar-refractivity contribution in [3.05, 3.63) is 72.2 Å². The minimum atomic E-state index is -1.14. The van der Waals surface area contributed by atoms with Gasteiger partial charge < -0.3 is 21.3 Å². The van der Waals surface area contributed by atoms with Gasteiger partial charge in [-0.3, -0.25) is 0 Å². The Hall–Kier alpha value is -3.45. The second-order valence-corrected chi connectivity index (χ2v) is 8.07. The van der Waals surface area contributed by atoms with Crippen molar-refractivity contribution in [1.29, 1.82) is 0 Å². The number of nitrogen functional groups attached to an aromatic ring is 1. The molecule has 1 saturated carbocycles. The van der Waals surface area contributed by atoms with Gasteiger partial charge in [0.2, 0.25) is 0 Å². The minimum Gasteiger partial charge on any atom is -0.465 e. The largest absolute Gasteiger partial charge is 0.465 e. The molecule has 0 saturated heterocycles. The number of rotatable bonds is 4. The highest BCUT2D eigenvalue weighted by Crippen LogP contribution is 2.48. The molecule has 1 aromatic heterocycles. The topological polar surface area (TPSA) is 108 Å². The second kappa shape index (κ2) is 7.11. The molecule has 30 heavy (non-hydrogen) atoms. The molecule has 5 N–H and O–H groups in total. The lowest BCUT2D eigenvalue weighted by molar-refractivity contribution is -0.0858. The predicted molar refractivity (Wildman–Crippen MR) is 112 cm³/mol. The predicted octanol–water partition coefficient (Wildman–Crippen LogP) is 4.14. The van der Waals surface area contributed by atoms with Crippen molar-refractivity contribution >= 4 is 11.9 Å². The van der Waals surface area contributed by atoms with E-state index in [0.717, 1.165) is 11.1 Å². The van der Waals surface area contributed by atoms with E-state index < -0.39 is 17.2 Å². The molecular formula is C23H22FN3O3. The molecule has 0 atom stereocenters. The summed E-state index contributed by atoms with van der Waals surface area (Å²) in [5, 5.41) is 22.0. The highest BCUT2D eigenvalue weighted by molar-refractivity contribution is 5.84. The number of nitrogens with one attached hydrogen (secondary N) is 1. The highest BCUT2D eigenvalue weighted by Gasteiger charge is 2.53. The molecular weight excluding hydrogens is 385 g/mol. The minimum absolute atomic E-state index is 0.287. The van der Waals surface area contributed by atoms with Crippen molar-refractivity contribution in [3.8, 4) is 22.3 Å². The van der Waals surface area contributed by atoms with Gasteiger partial charge in [-0.05, 0) is 35.7 Å². The molecule has 0 radical (unpaired) electrons. The number of halogens is 1. The van der Waals surface area contributed by atoms with Crippen molar-refractivity contribution in [2.24, 2.45) is 0 Å². The third-order valence-electron chi connectivity index (χ3n) is 5.55. The van der Waals surface area contributed by atoms with Gasteiger partial charge in [0.1, 0.15) is 11.6 Å². The van der Waals surface area contributed by atoms with E-state index in [-0.39, 0.29) is 24.5 Å². The molecule has 3 aromatic rings. The molecule has 0 bridgehead atoms. The lowest BCUT2D eigenvalue weighted by Gasteiger charge is -2.51. The smallest absolute Gasteiger partial charge is 0.405 e. The molecule has 154 valence electrons. The Morgan fingerprint density at radius 2 is 1.77 bits per heavy atom. The quantitative estimate of drug-likeness (QED) is 0.520. The Labute approximate surface area is 173 Å². The lowest BCUT2D eigenvalue weighted by Crippen LogP contribution is -2.61. The summed E-state index contributed by atoms with van der Waals surface area (Å²) in [4.78, 5) is 15.5. The zero-order chi connectivity index (χ0) is 21.5. The van der Waals surface area contributed by atoms with Gasteiger partial charge in [0.15, 0.2) is 0 Å². The Morgan fingerprint density at radius 1 is 1.10 bits per heavy atom. The van der Waals surface area contributed by atoms with E-state index in [1.54, 1.807) is 37.4 Å². The summed E-state index contributed by atoms with van der Waals surface area (Å²) in [5.74, 6) is -0.0720. The Kier molecular flexibility index (Phi) is 4.70. The van der Waals surface area contributed by atoms with Gasteiger partial charge in [-0.25, -0.2) is 14.2 Å². The first-order chi connectivity index (χ1) is 14.2. The summed E-state index contributed by atoms with van der Waals surface area (Å²) < 4.78 is 14.4. The fourth-order valence-electron chi connectivity index (χ4n) is 4.39. The maximum atomic E-state index is 14.4. The summed E-state index contributed by atoms with van der Waals surface area (Å²) in [7, 11) is 0. The maximum absolute atomic E-state index is 14.4. The van der Waals surface area contributed by atoms with Crippen LogP contribution in [0.3, 0.4) is 0 Å². The lowest BCUT2D eigenvalue weighted by atomic mass is 9.62. The van der Waals surface area contributed by atoms with Gasteiger partial charge in [0, 0.05) is 30.2 Å². The number of hydrogen-bond acceptors (Lipinski definition) is 4. The van der Waals surface area contributed by atoms with Crippen LogP contribution in [-0.4, -0.2) is 26.9 Å². The van der Waals surface area contributed by atoms with Gasteiger partial charge >= 0.3 is 6.09 Å². The molecule has 7 heteroatoms. The van der Waals surface area contributed by atoms with E-state index in [2.05, 4.69) is 10.3 Å². The summed E-state index contributed by atoms with van der Waals surface area (Å²) in [6, 6.07) is 15.4. The van der Waals surface area contributed by atoms with Crippen LogP contribution in [0.2, 0.25) is 0 Å². The van der Waals surface area contributed by atoms with Crippen LogP contribution in [0.5, 0.6) is 0 Å². The molecule has 0 spiro atoms. The first kappa shape index (κ1) is 19.8. The van der Waals surface area contributed by atoms with Crippen LogP contribution < -0.4 is 11.1 Å². The van der Waals surface area contributed by atoms with Crippen LogP contribution >= 0.6 is 0 Å². The zero-order valence-electron chi connectivity index (χ0n) is 16.4. The number of hydrogen-bond donors (Lipinski definition) is 4. The molecule has 1 fully saturated rings. The number of pyridine rings is 1. The second-order valence-electron chi connectivity index (χ2n) is 8.07. The third-order valence-corrected chi connectivity index (χ3v) is 5.55. The molecule has 6 nitrogen and oxygen atoms in total. The fourth-order valence-corrected chi connectivity index (χ4v) is 4.39. The van der Waals surface area contributed by atoms with Crippen LogP contribution in [0.15, 0.2) is 60.8 Å². The third kappa shape index (κ3) is 3.59. The molecule has 2 aromatic carbocycles. The first-order valence-electron chi connectivity index (χ1n) is 9.54. The number of benzene rings is 2. The number of anilines is 1. The van der Waals surface area contributed by atoms with E-state index in [1.807, 2.05) is 24.3 Å². The van der Waals surface area contributed by atoms with Gasteiger partial charge in [0.25, 0.3) is 0 Å². The number of amides is 1. The van der Waals surface area contributed by atoms with E-state index in [1.165, 1.54) is 6.07 Å². The van der Waals surface area contributed by atoms with Gasteiger partial charge in [-0.2, -0.15) is 0 Å². The normalized spacial score (nSPS) is 22.9. The number of nitrogens with two attached hydrogens (primary N) is 1. The summed E-state index contributed by atoms with van der Waals surface area (Å²) in [5.41, 5.74) is 7.41. The number of carboxylic acid groups (broad SMARTS) is 1. The summed E-state index contributed by atoms with van der Waals surface area (Å²) in [6.07, 6.45) is 1.04. The van der Waals surface area contributed by atoms with E-state index in [4.69, 9.17) is 5.73 Å². The fraction of sp³-hybridized carbons (Fsp3) is 0.217. The average molecular weight is 407 g/mol. The Morgan fingerprint density at radius 3 is 2.37 bits per heavy atom. The molecule has 4 rings (SSSR count). The van der Waals surface area contributed by atoms with Gasteiger partial charge in [-0.1, -0.05) is 42.5 Å². The SMILES string of the molecule is C[C@]1(O)C[C@](NC(=O)O)(c2ccc(-c3cnc(N)cc3-c3ccccc3F)cc2)C1. The van der Waals surface area contributed by atoms with Gasteiger partial charge in [0.05, 0.1) is 11.1 Å². The maximum Gasteiger partial charge on any atom is 0.405 e. The Balaban J connectivity index is 1.74. The van der Waals surface area contributed by atoms with Crippen LogP contribution in [0, 0.1) is 5.82 Å². The average Bonchev–Trinajstić information content (AvgIpc) is 2.66. The monoisotopic (exact) mass is 407 g/mol. The molecule has 0 unspecified atom stereocenters. The van der Waals surface area contributed by atoms with Crippen LogP contribution in [0.25, 0.3) is 22.3 Å². The number of aliphatic hydroxyl groups is 1. The molecule has 1 aliphatic carbocycles. The summed E-state index contributed by atoms with van der Waals surface area (Å²) in [6.45, 7) is 1.68. The number of carbonyl (C=O) groups is 1. The van der Waals surface area contributed by atoms with Crippen molar-refractivity contribution in [2.45, 2.75) is 30.9 Å². The van der Waals surface area contributed by atoms with Crippen molar-refractivity contribution in [2.75, 3.05) is 5.73 Å². The van der Waals surface area contributed by atoms with E-state index >= 15 is 0 Å².